The van der Waals surface area contributed by atoms with Crippen LogP contribution in [0.2, 0.25) is 15.3 Å². The van der Waals surface area contributed by atoms with Crippen LogP contribution in [0.1, 0.15) is 34.6 Å². The number of rotatable bonds is 4. The van der Waals surface area contributed by atoms with E-state index >= 15 is 0 Å². The summed E-state index contributed by atoms with van der Waals surface area (Å²) >= 11 is 17.6. The second-order valence-electron chi connectivity index (χ2n) is 5.27. The van der Waals surface area contributed by atoms with Crippen molar-refractivity contribution in [3.63, 3.8) is 0 Å². The maximum absolute atomic E-state index is 12.4. The topological polar surface area (TPSA) is 71.1 Å². The van der Waals surface area contributed by atoms with E-state index in [1.165, 1.54) is 18.2 Å². The van der Waals surface area contributed by atoms with Gasteiger partial charge in [-0.1, -0.05) is 34.8 Å². The summed E-state index contributed by atoms with van der Waals surface area (Å²) in [7, 11) is 0. The van der Waals surface area contributed by atoms with Crippen molar-refractivity contribution in [1.29, 1.82) is 0 Å². The first-order valence-corrected chi connectivity index (χ1v) is 8.14. The van der Waals surface area contributed by atoms with E-state index in [9.17, 15) is 9.59 Å². The Morgan fingerprint density at radius 3 is 2.21 bits per heavy atom. The van der Waals surface area contributed by atoms with Gasteiger partial charge in [0.1, 0.15) is 10.3 Å². The molecule has 0 unspecified atom stereocenters. The van der Waals surface area contributed by atoms with Crippen molar-refractivity contribution in [2.75, 3.05) is 5.32 Å². The zero-order valence-corrected chi connectivity index (χ0v) is 15.1. The second-order valence-corrected chi connectivity index (χ2v) is 6.48. The first-order valence-electron chi connectivity index (χ1n) is 7.01. The van der Waals surface area contributed by atoms with Crippen molar-refractivity contribution < 1.29 is 9.59 Å². The molecule has 0 aliphatic rings. The summed E-state index contributed by atoms with van der Waals surface area (Å²) in [6.45, 7) is 3.68. The Hall–Kier alpha value is -1.82. The number of hydrogen-bond donors (Lipinski definition) is 2. The highest BCUT2D eigenvalue weighted by molar-refractivity contribution is 6.33. The smallest absolute Gasteiger partial charge is 0.255 e. The first kappa shape index (κ1) is 18.5. The van der Waals surface area contributed by atoms with Crippen LogP contribution in [-0.4, -0.2) is 22.8 Å². The molecule has 1 aromatic heterocycles. The number of amides is 2. The van der Waals surface area contributed by atoms with Crippen LogP contribution in [0.4, 0.5) is 5.69 Å². The maximum atomic E-state index is 12.4. The summed E-state index contributed by atoms with van der Waals surface area (Å²) in [5.74, 6) is -0.801. The van der Waals surface area contributed by atoms with Crippen molar-refractivity contribution in [3.8, 4) is 0 Å². The lowest BCUT2D eigenvalue weighted by molar-refractivity contribution is 0.0944. The Kier molecular flexibility index (Phi) is 6.04. The predicted octanol–water partition coefficient (Wildman–Crippen LogP) is 4.43. The van der Waals surface area contributed by atoms with Gasteiger partial charge >= 0.3 is 0 Å². The molecule has 0 aliphatic heterocycles. The third-order valence-corrected chi connectivity index (χ3v) is 3.54. The van der Waals surface area contributed by atoms with Crippen molar-refractivity contribution in [2.45, 2.75) is 19.9 Å². The van der Waals surface area contributed by atoms with Gasteiger partial charge in [0.25, 0.3) is 11.8 Å². The molecule has 0 fully saturated rings. The van der Waals surface area contributed by atoms with E-state index in [2.05, 4.69) is 15.6 Å². The third-order valence-electron chi connectivity index (χ3n) is 2.92. The summed E-state index contributed by atoms with van der Waals surface area (Å²) < 4.78 is 0. The molecule has 2 N–H and O–H groups in total. The molecule has 2 rings (SSSR count). The number of halogens is 3. The number of nitrogens with zero attached hydrogens (tertiary/aromatic N) is 1. The highest BCUT2D eigenvalue weighted by atomic mass is 35.5. The molecule has 8 heteroatoms. The lowest BCUT2D eigenvalue weighted by Gasteiger charge is -2.14. The van der Waals surface area contributed by atoms with Crippen LogP contribution in [0.15, 0.2) is 30.3 Å². The molecule has 1 heterocycles. The summed E-state index contributed by atoms with van der Waals surface area (Å²) in [6, 6.07) is 7.32. The molecule has 0 bridgehead atoms. The van der Waals surface area contributed by atoms with Gasteiger partial charge in [-0.05, 0) is 44.2 Å². The Bertz CT molecular complexity index is 774. The first-order chi connectivity index (χ1) is 11.3. The Morgan fingerprint density at radius 2 is 1.62 bits per heavy atom. The van der Waals surface area contributed by atoms with E-state index in [0.29, 0.717) is 10.6 Å². The largest absolute Gasteiger partial charge is 0.350 e. The Balaban J connectivity index is 2.32. The average Bonchev–Trinajstić information content (AvgIpc) is 2.45. The number of aromatic nitrogens is 1. The molecule has 24 heavy (non-hydrogen) atoms. The number of hydrogen-bond acceptors (Lipinski definition) is 3. The van der Waals surface area contributed by atoms with Gasteiger partial charge in [0, 0.05) is 16.6 Å². The van der Waals surface area contributed by atoms with E-state index in [1.807, 2.05) is 13.8 Å². The van der Waals surface area contributed by atoms with Gasteiger partial charge in [-0.2, -0.15) is 0 Å². The number of carbonyl (C=O) groups is 2. The quantitative estimate of drug-likeness (QED) is 0.763. The van der Waals surface area contributed by atoms with Crippen LogP contribution in [0.5, 0.6) is 0 Å². The molecular formula is C16H14Cl3N3O2. The van der Waals surface area contributed by atoms with E-state index in [0.717, 1.165) is 0 Å². The molecular weight excluding hydrogens is 373 g/mol. The zero-order chi connectivity index (χ0) is 17.9. The van der Waals surface area contributed by atoms with E-state index in [4.69, 9.17) is 34.8 Å². The summed E-state index contributed by atoms with van der Waals surface area (Å²) in [5.41, 5.74) is 0.803. The normalized spacial score (nSPS) is 10.6. The van der Waals surface area contributed by atoms with Gasteiger partial charge in [-0.3, -0.25) is 9.59 Å². The number of pyridine rings is 1. The van der Waals surface area contributed by atoms with Crippen LogP contribution in [0.3, 0.4) is 0 Å². The van der Waals surface area contributed by atoms with Gasteiger partial charge in [0.05, 0.1) is 11.3 Å². The number of anilines is 1. The Morgan fingerprint density at radius 1 is 1.00 bits per heavy atom. The Labute approximate surface area is 154 Å². The van der Waals surface area contributed by atoms with Crippen LogP contribution in [0, 0.1) is 0 Å². The monoisotopic (exact) mass is 385 g/mol. The van der Waals surface area contributed by atoms with Crippen molar-refractivity contribution in [1.82, 2.24) is 10.3 Å². The van der Waals surface area contributed by atoms with Crippen molar-refractivity contribution in [3.05, 3.63) is 56.8 Å². The minimum absolute atomic E-state index is 0.0467. The minimum atomic E-state index is -0.484. The highest BCUT2D eigenvalue weighted by Gasteiger charge is 2.16. The molecule has 0 spiro atoms. The lowest BCUT2D eigenvalue weighted by atomic mass is 10.1. The van der Waals surface area contributed by atoms with Crippen molar-refractivity contribution >= 4 is 52.3 Å². The fourth-order valence-electron chi connectivity index (χ4n) is 1.95. The van der Waals surface area contributed by atoms with Crippen LogP contribution in [0.25, 0.3) is 0 Å². The molecule has 0 radical (unpaired) electrons. The van der Waals surface area contributed by atoms with E-state index < -0.39 is 5.91 Å². The van der Waals surface area contributed by atoms with Gasteiger partial charge in [0.15, 0.2) is 0 Å². The summed E-state index contributed by atoms with van der Waals surface area (Å²) in [5, 5.41) is 5.99. The van der Waals surface area contributed by atoms with Crippen molar-refractivity contribution in [2.24, 2.45) is 0 Å². The fraction of sp³-hybridized carbons (Fsp3) is 0.188. The molecule has 0 aliphatic carbocycles. The van der Waals surface area contributed by atoms with Crippen LogP contribution >= 0.6 is 34.8 Å². The third kappa shape index (κ3) is 4.84. The van der Waals surface area contributed by atoms with E-state index in [-0.39, 0.29) is 33.5 Å². The highest BCUT2D eigenvalue weighted by Crippen LogP contribution is 2.23. The van der Waals surface area contributed by atoms with Gasteiger partial charge in [-0.25, -0.2) is 4.98 Å². The average molecular weight is 387 g/mol. The van der Waals surface area contributed by atoms with Gasteiger partial charge in [0.2, 0.25) is 0 Å². The SMILES string of the molecule is CC(C)NC(=O)c1ccc(Cl)cc1NC(=O)c1cc(Cl)nc(Cl)c1. The zero-order valence-electron chi connectivity index (χ0n) is 12.9. The van der Waals surface area contributed by atoms with Gasteiger partial charge < -0.3 is 10.6 Å². The summed E-state index contributed by atoms with van der Waals surface area (Å²) in [4.78, 5) is 28.4. The molecule has 2 amide bonds. The molecule has 1 aromatic carbocycles. The lowest BCUT2D eigenvalue weighted by Crippen LogP contribution is -2.31. The molecule has 0 atom stereocenters. The fourth-order valence-corrected chi connectivity index (χ4v) is 2.58. The molecule has 126 valence electrons. The minimum Gasteiger partial charge on any atom is -0.350 e. The number of benzene rings is 1. The van der Waals surface area contributed by atoms with Crippen LogP contribution in [-0.2, 0) is 0 Å². The van der Waals surface area contributed by atoms with Gasteiger partial charge in [-0.15, -0.1) is 0 Å². The molecule has 5 nitrogen and oxygen atoms in total. The number of carbonyl (C=O) groups excluding carboxylic acids is 2. The second kappa shape index (κ2) is 7.83. The van der Waals surface area contributed by atoms with E-state index in [1.54, 1.807) is 12.1 Å². The molecule has 2 aromatic rings. The summed E-state index contributed by atoms with van der Waals surface area (Å²) in [6.07, 6.45) is 0. The standard InChI is InChI=1S/C16H14Cl3N3O2/c1-8(2)20-16(24)11-4-3-10(17)7-12(11)21-15(23)9-5-13(18)22-14(19)6-9/h3-8H,1-2H3,(H,20,24)(H,21,23). The number of nitrogens with one attached hydrogen (secondary N) is 2. The molecule has 0 saturated heterocycles. The van der Waals surface area contributed by atoms with Crippen LogP contribution < -0.4 is 10.6 Å². The molecule has 0 saturated carbocycles. The predicted molar refractivity (Wildman–Crippen MR) is 96.3 cm³/mol. The maximum Gasteiger partial charge on any atom is 0.255 e.